The van der Waals surface area contributed by atoms with Gasteiger partial charge in [-0.1, -0.05) is 26.2 Å². The summed E-state index contributed by atoms with van der Waals surface area (Å²) in [6, 6.07) is 0.511. The highest BCUT2D eigenvalue weighted by molar-refractivity contribution is 5.79. The molecule has 16 heavy (non-hydrogen) atoms. The molecule has 1 aliphatic carbocycles. The van der Waals surface area contributed by atoms with Crippen molar-refractivity contribution in [3.63, 3.8) is 0 Å². The monoisotopic (exact) mass is 224 g/mol. The molecule has 1 saturated carbocycles. The molecule has 1 N–H and O–H groups in total. The van der Waals surface area contributed by atoms with Crippen molar-refractivity contribution < 1.29 is 4.79 Å². The molecule has 0 aromatic rings. The molecule has 0 spiro atoms. The average Bonchev–Trinajstić information content (AvgIpc) is 2.26. The van der Waals surface area contributed by atoms with Crippen molar-refractivity contribution in [1.82, 2.24) is 10.2 Å². The van der Waals surface area contributed by atoms with E-state index in [-0.39, 0.29) is 5.92 Å². The molecule has 1 unspecified atom stereocenters. The number of nitrogens with one attached hydrogen (secondary N) is 1. The molecule has 1 heterocycles. The van der Waals surface area contributed by atoms with Crippen LogP contribution < -0.4 is 5.32 Å². The summed E-state index contributed by atoms with van der Waals surface area (Å²) in [5.74, 6) is 1.13. The van der Waals surface area contributed by atoms with Crippen LogP contribution in [-0.2, 0) is 4.79 Å². The number of hydrogen-bond acceptors (Lipinski definition) is 2. The van der Waals surface area contributed by atoms with Gasteiger partial charge in [-0.05, 0) is 31.8 Å². The van der Waals surface area contributed by atoms with Crippen molar-refractivity contribution >= 4 is 5.91 Å². The Morgan fingerprint density at radius 3 is 2.38 bits per heavy atom. The van der Waals surface area contributed by atoms with Gasteiger partial charge in [0.2, 0.25) is 5.91 Å². The number of hydrogen-bond donors (Lipinski definition) is 1. The topological polar surface area (TPSA) is 32.3 Å². The number of amides is 1. The average molecular weight is 224 g/mol. The highest BCUT2D eigenvalue weighted by Crippen LogP contribution is 2.25. The summed E-state index contributed by atoms with van der Waals surface area (Å²) in [5.41, 5.74) is 0. The van der Waals surface area contributed by atoms with Crippen LogP contribution in [0.1, 0.15) is 39.0 Å². The predicted octanol–water partition coefficient (Wildman–Crippen LogP) is 1.63. The third-order valence-electron chi connectivity index (χ3n) is 4.38. The van der Waals surface area contributed by atoms with E-state index in [4.69, 9.17) is 0 Å². The summed E-state index contributed by atoms with van der Waals surface area (Å²) < 4.78 is 0. The van der Waals surface area contributed by atoms with E-state index >= 15 is 0 Å². The molecule has 0 bridgehead atoms. The lowest BCUT2D eigenvalue weighted by atomic mass is 9.86. The fourth-order valence-corrected chi connectivity index (χ4v) is 2.84. The minimum Gasteiger partial charge on any atom is -0.343 e. The van der Waals surface area contributed by atoms with Gasteiger partial charge in [0.1, 0.15) is 0 Å². The van der Waals surface area contributed by atoms with Gasteiger partial charge in [0.05, 0.1) is 0 Å². The highest BCUT2D eigenvalue weighted by atomic mass is 16.2. The van der Waals surface area contributed by atoms with Crippen molar-refractivity contribution in [2.24, 2.45) is 11.8 Å². The summed E-state index contributed by atoms with van der Waals surface area (Å²) >= 11 is 0. The molecule has 0 aromatic heterocycles. The largest absolute Gasteiger partial charge is 0.343 e. The van der Waals surface area contributed by atoms with Crippen LogP contribution in [0.2, 0.25) is 0 Å². The second kappa shape index (κ2) is 5.17. The van der Waals surface area contributed by atoms with E-state index in [1.807, 2.05) is 11.9 Å². The molecular formula is C13H24N2O. The quantitative estimate of drug-likeness (QED) is 0.790. The number of carbonyl (C=O) groups is 1. The normalized spacial score (nSPS) is 24.9. The van der Waals surface area contributed by atoms with Crippen LogP contribution in [0.5, 0.6) is 0 Å². The van der Waals surface area contributed by atoms with Crippen LogP contribution >= 0.6 is 0 Å². The Bertz CT molecular complexity index is 244. The van der Waals surface area contributed by atoms with Crippen molar-refractivity contribution in [2.45, 2.75) is 45.1 Å². The lowest BCUT2D eigenvalue weighted by Gasteiger charge is -2.37. The Labute approximate surface area is 98.6 Å². The van der Waals surface area contributed by atoms with E-state index < -0.39 is 0 Å². The lowest BCUT2D eigenvalue weighted by molar-refractivity contribution is -0.138. The van der Waals surface area contributed by atoms with Crippen LogP contribution in [0.25, 0.3) is 0 Å². The predicted molar refractivity (Wildman–Crippen MR) is 65.2 cm³/mol. The molecule has 3 nitrogen and oxygen atoms in total. The molecule has 2 aliphatic rings. The maximum absolute atomic E-state index is 12.3. The highest BCUT2D eigenvalue weighted by Gasteiger charge is 2.32. The third kappa shape index (κ3) is 2.40. The summed E-state index contributed by atoms with van der Waals surface area (Å²) in [4.78, 5) is 14.3. The van der Waals surface area contributed by atoms with Gasteiger partial charge in [0, 0.05) is 19.0 Å². The summed E-state index contributed by atoms with van der Waals surface area (Å²) in [6.45, 7) is 4.13. The standard InChI is InChI=1S/C13H24N2O/c1-10(11-8-14-9-11)13(16)15(2)12-6-4-3-5-7-12/h10-12,14H,3-9H2,1-2H3. The van der Waals surface area contributed by atoms with Gasteiger partial charge in [-0.15, -0.1) is 0 Å². The lowest BCUT2D eigenvalue weighted by Crippen LogP contribution is -2.51. The van der Waals surface area contributed by atoms with Gasteiger partial charge in [-0.25, -0.2) is 0 Å². The Morgan fingerprint density at radius 1 is 1.25 bits per heavy atom. The molecular weight excluding hydrogens is 200 g/mol. The first-order valence-electron chi connectivity index (χ1n) is 6.67. The zero-order valence-corrected chi connectivity index (χ0v) is 10.5. The van der Waals surface area contributed by atoms with Gasteiger partial charge in [-0.2, -0.15) is 0 Å². The van der Waals surface area contributed by atoms with Gasteiger partial charge >= 0.3 is 0 Å². The maximum Gasteiger partial charge on any atom is 0.225 e. The van der Waals surface area contributed by atoms with Crippen LogP contribution in [0, 0.1) is 11.8 Å². The van der Waals surface area contributed by atoms with Crippen molar-refractivity contribution in [3.8, 4) is 0 Å². The van der Waals surface area contributed by atoms with Gasteiger partial charge in [0.15, 0.2) is 0 Å². The molecule has 1 amide bonds. The maximum atomic E-state index is 12.3. The smallest absolute Gasteiger partial charge is 0.225 e. The van der Waals surface area contributed by atoms with Gasteiger partial charge < -0.3 is 10.2 Å². The second-order valence-corrected chi connectivity index (χ2v) is 5.45. The van der Waals surface area contributed by atoms with Gasteiger partial charge in [0.25, 0.3) is 0 Å². The number of nitrogens with zero attached hydrogens (tertiary/aromatic N) is 1. The summed E-state index contributed by atoms with van der Waals surface area (Å²) in [5, 5.41) is 3.24. The Kier molecular flexibility index (Phi) is 3.85. The molecule has 0 radical (unpaired) electrons. The molecule has 2 rings (SSSR count). The van der Waals surface area contributed by atoms with Crippen LogP contribution in [0.15, 0.2) is 0 Å². The SMILES string of the molecule is CC(C(=O)N(C)C1CCCCC1)C1CNC1. The van der Waals surface area contributed by atoms with Crippen molar-refractivity contribution in [3.05, 3.63) is 0 Å². The molecule has 92 valence electrons. The minimum atomic E-state index is 0.202. The second-order valence-electron chi connectivity index (χ2n) is 5.45. The minimum absolute atomic E-state index is 0.202. The Morgan fingerprint density at radius 2 is 1.88 bits per heavy atom. The molecule has 0 aromatic carbocycles. The van der Waals surface area contributed by atoms with E-state index in [0.29, 0.717) is 17.9 Å². The molecule has 2 fully saturated rings. The van der Waals surface area contributed by atoms with Crippen molar-refractivity contribution in [2.75, 3.05) is 20.1 Å². The fraction of sp³-hybridized carbons (Fsp3) is 0.923. The van der Waals surface area contributed by atoms with E-state index in [0.717, 1.165) is 13.1 Å². The Hall–Kier alpha value is -0.570. The first-order valence-corrected chi connectivity index (χ1v) is 6.67. The van der Waals surface area contributed by atoms with E-state index in [9.17, 15) is 4.79 Å². The van der Waals surface area contributed by atoms with Crippen LogP contribution in [-0.4, -0.2) is 37.0 Å². The van der Waals surface area contributed by atoms with Crippen molar-refractivity contribution in [1.29, 1.82) is 0 Å². The van der Waals surface area contributed by atoms with Gasteiger partial charge in [-0.3, -0.25) is 4.79 Å². The number of carbonyl (C=O) groups excluding carboxylic acids is 1. The third-order valence-corrected chi connectivity index (χ3v) is 4.38. The fourth-order valence-electron chi connectivity index (χ4n) is 2.84. The molecule has 1 atom stereocenters. The zero-order valence-electron chi connectivity index (χ0n) is 10.5. The van der Waals surface area contributed by atoms with E-state index in [2.05, 4.69) is 12.2 Å². The molecule has 1 aliphatic heterocycles. The van der Waals surface area contributed by atoms with Crippen LogP contribution in [0.3, 0.4) is 0 Å². The molecule has 3 heteroatoms. The van der Waals surface area contributed by atoms with E-state index in [1.54, 1.807) is 0 Å². The summed E-state index contributed by atoms with van der Waals surface area (Å²) in [6.07, 6.45) is 6.35. The van der Waals surface area contributed by atoms with E-state index in [1.165, 1.54) is 32.1 Å². The first kappa shape index (κ1) is 11.9. The first-order chi connectivity index (χ1) is 7.70. The zero-order chi connectivity index (χ0) is 11.5. The van der Waals surface area contributed by atoms with Crippen LogP contribution in [0.4, 0.5) is 0 Å². The Balaban J connectivity index is 1.86. The number of rotatable bonds is 3. The summed E-state index contributed by atoms with van der Waals surface area (Å²) in [7, 11) is 2.00. The molecule has 1 saturated heterocycles.